The van der Waals surface area contributed by atoms with E-state index in [9.17, 15) is 0 Å². The average Bonchev–Trinajstić information content (AvgIpc) is 2.33. The van der Waals surface area contributed by atoms with Gasteiger partial charge in [-0.05, 0) is 18.1 Å². The summed E-state index contributed by atoms with van der Waals surface area (Å²) in [4.78, 5) is 0. The van der Waals surface area contributed by atoms with Gasteiger partial charge in [0.05, 0.1) is 19.8 Å². The highest BCUT2D eigenvalue weighted by Crippen LogP contribution is 2.36. The van der Waals surface area contributed by atoms with Crippen LogP contribution in [0.1, 0.15) is 20.8 Å². The smallest absolute Gasteiger partial charge is 0.192 e. The molecular formula is C15H27BrO3Si. The van der Waals surface area contributed by atoms with Gasteiger partial charge >= 0.3 is 0 Å². The van der Waals surface area contributed by atoms with Gasteiger partial charge in [0.1, 0.15) is 12.2 Å². The van der Waals surface area contributed by atoms with E-state index in [1.165, 1.54) is 0 Å². The van der Waals surface area contributed by atoms with E-state index in [0.29, 0.717) is 19.8 Å². The molecule has 0 aromatic rings. The second-order valence-electron chi connectivity index (χ2n) is 6.66. The molecule has 0 fully saturated rings. The Morgan fingerprint density at radius 2 is 2.10 bits per heavy atom. The van der Waals surface area contributed by atoms with E-state index in [0.717, 1.165) is 4.48 Å². The lowest BCUT2D eigenvalue weighted by atomic mass is 10.1. The molecule has 5 heteroatoms. The van der Waals surface area contributed by atoms with Crippen LogP contribution in [-0.2, 0) is 13.9 Å². The fraction of sp³-hybridized carbons (Fsp3) is 0.733. The summed E-state index contributed by atoms with van der Waals surface area (Å²) in [6.07, 6.45) is 3.94. The summed E-state index contributed by atoms with van der Waals surface area (Å²) >= 11 is 3.31. The highest BCUT2D eigenvalue weighted by atomic mass is 79.9. The summed E-state index contributed by atoms with van der Waals surface area (Å²) in [5, 5.41) is 0.206. The molecule has 0 saturated heterocycles. The maximum absolute atomic E-state index is 6.24. The summed E-state index contributed by atoms with van der Waals surface area (Å²) in [6.45, 7) is 16.7. The fourth-order valence-electron chi connectivity index (χ4n) is 1.59. The Morgan fingerprint density at radius 1 is 1.45 bits per heavy atom. The van der Waals surface area contributed by atoms with Crippen molar-refractivity contribution in [2.75, 3.05) is 19.8 Å². The third-order valence-corrected chi connectivity index (χ3v) is 8.68. The van der Waals surface area contributed by atoms with E-state index in [-0.39, 0.29) is 17.2 Å². The maximum Gasteiger partial charge on any atom is 0.192 e. The van der Waals surface area contributed by atoms with Gasteiger partial charge in [0, 0.05) is 4.48 Å². The third kappa shape index (κ3) is 5.45. The van der Waals surface area contributed by atoms with Crippen molar-refractivity contribution in [2.45, 2.75) is 51.1 Å². The van der Waals surface area contributed by atoms with Gasteiger partial charge in [-0.15, -0.1) is 0 Å². The van der Waals surface area contributed by atoms with Crippen molar-refractivity contribution >= 4 is 24.2 Å². The van der Waals surface area contributed by atoms with Crippen molar-refractivity contribution in [3.8, 4) is 0 Å². The molecule has 0 unspecified atom stereocenters. The molecule has 0 aliphatic carbocycles. The van der Waals surface area contributed by atoms with Gasteiger partial charge in [-0.2, -0.15) is 0 Å². The first kappa shape index (κ1) is 18.1. The number of halogens is 1. The summed E-state index contributed by atoms with van der Waals surface area (Å²) in [5.74, 6) is 0. The Labute approximate surface area is 132 Å². The Hall–Kier alpha value is 0.0569. The van der Waals surface area contributed by atoms with Crippen LogP contribution in [0.4, 0.5) is 0 Å². The van der Waals surface area contributed by atoms with E-state index in [1.54, 1.807) is 0 Å². The first-order valence-electron chi connectivity index (χ1n) is 7.00. The van der Waals surface area contributed by atoms with Gasteiger partial charge in [-0.3, -0.25) is 0 Å². The Balaban J connectivity index is 2.56. The normalized spacial score (nSPS) is 23.9. The highest BCUT2D eigenvalue weighted by molar-refractivity contribution is 9.11. The first-order valence-corrected chi connectivity index (χ1v) is 10.7. The molecule has 1 aliphatic rings. The van der Waals surface area contributed by atoms with Crippen LogP contribution in [0.2, 0.25) is 18.1 Å². The van der Waals surface area contributed by atoms with E-state index < -0.39 is 8.32 Å². The molecule has 1 heterocycles. The topological polar surface area (TPSA) is 27.7 Å². The predicted molar refractivity (Wildman–Crippen MR) is 89.8 cm³/mol. The lowest BCUT2D eigenvalue weighted by Gasteiger charge is -2.38. The molecule has 2 atom stereocenters. The van der Waals surface area contributed by atoms with E-state index in [2.05, 4.69) is 62.5 Å². The first-order chi connectivity index (χ1) is 9.13. The monoisotopic (exact) mass is 362 g/mol. The fourth-order valence-corrected chi connectivity index (χ4v) is 2.73. The summed E-state index contributed by atoms with van der Waals surface area (Å²) in [5.41, 5.74) is 0. The number of hydrogen-bond donors (Lipinski definition) is 0. The number of rotatable bonds is 6. The molecule has 0 aromatic heterocycles. The molecule has 1 aliphatic heterocycles. The van der Waals surface area contributed by atoms with Crippen LogP contribution in [0.3, 0.4) is 0 Å². The molecule has 1 rings (SSSR count). The average molecular weight is 363 g/mol. The van der Waals surface area contributed by atoms with Crippen LogP contribution < -0.4 is 0 Å². The van der Waals surface area contributed by atoms with Crippen LogP contribution >= 0.6 is 15.9 Å². The Morgan fingerprint density at radius 3 is 2.65 bits per heavy atom. The zero-order chi connectivity index (χ0) is 15.4. The third-order valence-electron chi connectivity index (χ3n) is 3.95. The summed E-state index contributed by atoms with van der Waals surface area (Å²) in [7, 11) is -1.75. The van der Waals surface area contributed by atoms with E-state index in [1.807, 2.05) is 6.08 Å². The van der Waals surface area contributed by atoms with E-state index >= 15 is 0 Å². The molecule has 0 radical (unpaired) electrons. The zero-order valence-electron chi connectivity index (χ0n) is 13.2. The van der Waals surface area contributed by atoms with Crippen LogP contribution in [0, 0.1) is 0 Å². The molecule has 0 spiro atoms. The van der Waals surface area contributed by atoms with Gasteiger partial charge < -0.3 is 13.9 Å². The minimum absolute atomic E-state index is 0.0408. The lowest BCUT2D eigenvalue weighted by molar-refractivity contribution is -0.0654. The molecule has 0 amide bonds. The molecule has 0 bridgehead atoms. The van der Waals surface area contributed by atoms with Crippen LogP contribution in [0.5, 0.6) is 0 Å². The summed E-state index contributed by atoms with van der Waals surface area (Å²) < 4.78 is 18.6. The molecule has 0 aromatic carbocycles. The Bertz CT molecular complexity index is 361. The van der Waals surface area contributed by atoms with E-state index in [4.69, 9.17) is 13.9 Å². The number of hydrogen-bond acceptors (Lipinski definition) is 3. The molecule has 3 nitrogen and oxygen atoms in total. The van der Waals surface area contributed by atoms with Crippen molar-refractivity contribution in [1.29, 1.82) is 0 Å². The largest absolute Gasteiger partial charge is 0.414 e. The maximum atomic E-state index is 6.24. The minimum atomic E-state index is -1.75. The van der Waals surface area contributed by atoms with Crippen LogP contribution in [0.15, 0.2) is 23.2 Å². The van der Waals surface area contributed by atoms with Crippen LogP contribution in [0.25, 0.3) is 0 Å². The van der Waals surface area contributed by atoms with Gasteiger partial charge in [0.15, 0.2) is 8.32 Å². The minimum Gasteiger partial charge on any atom is -0.414 e. The highest BCUT2D eigenvalue weighted by Gasteiger charge is 2.38. The van der Waals surface area contributed by atoms with Gasteiger partial charge in [-0.25, -0.2) is 0 Å². The van der Waals surface area contributed by atoms with Crippen molar-refractivity contribution in [1.82, 2.24) is 0 Å². The standard InChI is InChI=1S/C15H27BrO3Si/c1-12(16)10-18-13-8-7-9-17-14(13)11-19-20(5,6)15(2,3)4/h7-8,13-14H,1,9-11H2,2-6H3/t13-,14-/m1/s1. The van der Waals surface area contributed by atoms with Crippen molar-refractivity contribution in [2.24, 2.45) is 0 Å². The SMILES string of the molecule is C=C(Br)CO[C@@H]1C=CCO[C@@H]1CO[Si](C)(C)C(C)(C)C. The lowest BCUT2D eigenvalue weighted by Crippen LogP contribution is -2.46. The van der Waals surface area contributed by atoms with Crippen molar-refractivity contribution in [3.63, 3.8) is 0 Å². The van der Waals surface area contributed by atoms with Gasteiger partial charge in [0.25, 0.3) is 0 Å². The van der Waals surface area contributed by atoms with Gasteiger partial charge in [-0.1, -0.05) is 55.4 Å². The van der Waals surface area contributed by atoms with Crippen LogP contribution in [-0.4, -0.2) is 40.3 Å². The molecule has 116 valence electrons. The second-order valence-corrected chi connectivity index (χ2v) is 12.6. The zero-order valence-corrected chi connectivity index (χ0v) is 15.8. The summed E-state index contributed by atoms with van der Waals surface area (Å²) in [6, 6.07) is 0. The Kier molecular flexibility index (Phi) is 6.66. The second kappa shape index (κ2) is 7.36. The van der Waals surface area contributed by atoms with Crippen molar-refractivity contribution in [3.05, 3.63) is 23.2 Å². The molecule has 0 saturated carbocycles. The molecule has 20 heavy (non-hydrogen) atoms. The number of ether oxygens (including phenoxy) is 2. The quantitative estimate of drug-likeness (QED) is 0.521. The predicted octanol–water partition coefficient (Wildman–Crippen LogP) is 4.26. The molecule has 0 N–H and O–H groups in total. The molecular weight excluding hydrogens is 336 g/mol. The van der Waals surface area contributed by atoms with Gasteiger partial charge in [0.2, 0.25) is 0 Å². The van der Waals surface area contributed by atoms with Crippen molar-refractivity contribution < 1.29 is 13.9 Å².